The number of benzene rings is 1. The minimum atomic E-state index is 0.776. The molecule has 1 unspecified atom stereocenters. The summed E-state index contributed by atoms with van der Waals surface area (Å²) >= 11 is 0. The van der Waals surface area contributed by atoms with Crippen molar-refractivity contribution in [1.29, 1.82) is 0 Å². The number of hydrogen-bond acceptors (Lipinski definition) is 2. The Morgan fingerprint density at radius 2 is 2.29 bits per heavy atom. The second kappa shape index (κ2) is 8.08. The van der Waals surface area contributed by atoms with E-state index in [1.165, 1.54) is 25.9 Å². The molecule has 1 aliphatic heterocycles. The van der Waals surface area contributed by atoms with Crippen LogP contribution < -0.4 is 14.4 Å². The maximum absolute atomic E-state index is 6.00. The van der Waals surface area contributed by atoms with Gasteiger partial charge in [-0.05, 0) is 37.5 Å². The maximum Gasteiger partial charge on any atom is 0.137 e. The van der Waals surface area contributed by atoms with Crippen LogP contribution in [0.2, 0.25) is 0 Å². The van der Waals surface area contributed by atoms with Crippen molar-refractivity contribution in [2.45, 2.75) is 26.2 Å². The van der Waals surface area contributed by atoms with Gasteiger partial charge in [0, 0.05) is 11.5 Å². The summed E-state index contributed by atoms with van der Waals surface area (Å²) in [7, 11) is 1.69. The molecular weight excluding hydrogens is 262 g/mol. The predicted octanol–water partition coefficient (Wildman–Crippen LogP) is 2.12. The Labute approximate surface area is 128 Å². The van der Waals surface area contributed by atoms with Crippen LogP contribution in [0.25, 0.3) is 0 Å². The van der Waals surface area contributed by atoms with Gasteiger partial charge in [0.05, 0.1) is 20.2 Å². The fourth-order valence-electron chi connectivity index (χ4n) is 3.07. The number of hydrogen-bond donors (Lipinski definition) is 1. The van der Waals surface area contributed by atoms with Gasteiger partial charge in [-0.15, -0.1) is 6.58 Å². The van der Waals surface area contributed by atoms with Gasteiger partial charge in [0.15, 0.2) is 0 Å². The number of nitrogens with one attached hydrogen (secondary N) is 1. The van der Waals surface area contributed by atoms with Crippen molar-refractivity contribution in [1.82, 2.24) is 0 Å². The van der Waals surface area contributed by atoms with E-state index in [9.17, 15) is 0 Å². The summed E-state index contributed by atoms with van der Waals surface area (Å²) in [4.78, 5) is 1.67. The van der Waals surface area contributed by atoms with Gasteiger partial charge in [0.1, 0.15) is 24.7 Å². The molecule has 0 aromatic heterocycles. The van der Waals surface area contributed by atoms with Gasteiger partial charge in [-0.1, -0.05) is 13.0 Å². The van der Waals surface area contributed by atoms with Crippen LogP contribution in [0.5, 0.6) is 11.5 Å². The number of likely N-dealkylation sites (tertiary alicyclic amines) is 1. The average Bonchev–Trinajstić information content (AvgIpc) is 2.49. The third-order valence-electron chi connectivity index (χ3n) is 4.21. The lowest BCUT2D eigenvalue weighted by Gasteiger charge is -2.27. The summed E-state index contributed by atoms with van der Waals surface area (Å²) in [6, 6.07) is 6.00. The molecule has 3 heteroatoms. The molecule has 1 aromatic rings. The molecule has 1 aromatic carbocycles. The average molecular weight is 290 g/mol. The lowest BCUT2D eigenvalue weighted by molar-refractivity contribution is -0.908. The van der Waals surface area contributed by atoms with E-state index in [0.717, 1.165) is 42.6 Å². The van der Waals surface area contributed by atoms with Crippen molar-refractivity contribution in [2.75, 3.05) is 33.4 Å². The molecule has 1 aliphatic rings. The van der Waals surface area contributed by atoms with Crippen LogP contribution in [0.4, 0.5) is 0 Å². The molecule has 0 bridgehead atoms. The zero-order valence-electron chi connectivity index (χ0n) is 13.4. The first-order valence-electron chi connectivity index (χ1n) is 7.97. The topological polar surface area (TPSA) is 22.9 Å². The Hall–Kier alpha value is -1.48. The molecule has 2 rings (SSSR count). The monoisotopic (exact) mass is 290 g/mol. The number of ether oxygens (including phenoxy) is 2. The summed E-state index contributed by atoms with van der Waals surface area (Å²) in [5.74, 6) is 2.68. The molecule has 21 heavy (non-hydrogen) atoms. The van der Waals surface area contributed by atoms with E-state index in [1.807, 2.05) is 24.3 Å². The highest BCUT2D eigenvalue weighted by Crippen LogP contribution is 2.24. The van der Waals surface area contributed by atoms with E-state index in [0.29, 0.717) is 0 Å². The van der Waals surface area contributed by atoms with Gasteiger partial charge in [-0.2, -0.15) is 0 Å². The Morgan fingerprint density at radius 1 is 1.43 bits per heavy atom. The van der Waals surface area contributed by atoms with E-state index >= 15 is 0 Å². The first kappa shape index (κ1) is 15.9. The van der Waals surface area contributed by atoms with Crippen molar-refractivity contribution in [3.8, 4) is 11.5 Å². The molecule has 0 amide bonds. The maximum atomic E-state index is 6.00. The molecule has 2 atom stereocenters. The molecule has 1 heterocycles. The van der Waals surface area contributed by atoms with Crippen molar-refractivity contribution >= 4 is 0 Å². The van der Waals surface area contributed by atoms with Gasteiger partial charge in [-0.3, -0.25) is 0 Å². The zero-order chi connectivity index (χ0) is 15.1. The lowest BCUT2D eigenvalue weighted by Crippen LogP contribution is -3.14. The summed E-state index contributed by atoms with van der Waals surface area (Å²) < 4.78 is 11.3. The van der Waals surface area contributed by atoms with Crippen molar-refractivity contribution in [3.05, 3.63) is 36.4 Å². The van der Waals surface area contributed by atoms with Gasteiger partial charge >= 0.3 is 0 Å². The zero-order valence-corrected chi connectivity index (χ0v) is 13.4. The molecule has 1 N–H and O–H groups in total. The molecule has 0 saturated carbocycles. The van der Waals surface area contributed by atoms with E-state index in [4.69, 9.17) is 9.47 Å². The summed E-state index contributed by atoms with van der Waals surface area (Å²) in [5.41, 5.74) is 1.14. The number of allylic oxidation sites excluding steroid dienone is 1. The molecule has 1 fully saturated rings. The molecule has 0 spiro atoms. The second-order valence-electron chi connectivity index (χ2n) is 6.02. The van der Waals surface area contributed by atoms with E-state index in [1.54, 1.807) is 12.0 Å². The molecule has 1 saturated heterocycles. The van der Waals surface area contributed by atoms with Crippen molar-refractivity contribution < 1.29 is 14.4 Å². The molecule has 116 valence electrons. The number of quaternary nitrogens is 1. The lowest BCUT2D eigenvalue weighted by atomic mass is 10.0. The largest absolute Gasteiger partial charge is 0.497 e. The van der Waals surface area contributed by atoms with Gasteiger partial charge in [0.25, 0.3) is 0 Å². The summed E-state index contributed by atoms with van der Waals surface area (Å²) in [6.07, 6.45) is 5.44. The molecule has 0 radical (unpaired) electrons. The Bertz CT molecular complexity index is 459. The normalized spacial score (nSPS) is 21.8. The minimum Gasteiger partial charge on any atom is -0.497 e. The smallest absolute Gasteiger partial charge is 0.137 e. The van der Waals surface area contributed by atoms with Crippen molar-refractivity contribution in [3.63, 3.8) is 0 Å². The highest BCUT2D eigenvalue weighted by atomic mass is 16.5. The molecule has 0 aliphatic carbocycles. The standard InChI is InChI=1S/C18H27NO2/c1-4-6-16-13-17(20-3)8-9-18(16)21-12-11-19-10-5-7-15(2)14-19/h4,8-9,13,15H,1,5-7,10-12,14H2,2-3H3/p+1/t15-/m1/s1. The van der Waals surface area contributed by atoms with Gasteiger partial charge in [0.2, 0.25) is 0 Å². The number of piperidine rings is 1. The van der Waals surface area contributed by atoms with Crippen molar-refractivity contribution in [2.24, 2.45) is 5.92 Å². The fraction of sp³-hybridized carbons (Fsp3) is 0.556. The minimum absolute atomic E-state index is 0.776. The van der Waals surface area contributed by atoms with Crippen LogP contribution in [0.1, 0.15) is 25.3 Å². The molecular formula is C18H28NO2+. The highest BCUT2D eigenvalue weighted by Gasteiger charge is 2.19. The van der Waals surface area contributed by atoms with Crippen LogP contribution in [0.15, 0.2) is 30.9 Å². The third-order valence-corrected chi connectivity index (χ3v) is 4.21. The van der Waals surface area contributed by atoms with Gasteiger partial charge < -0.3 is 14.4 Å². The SMILES string of the molecule is C=CCc1cc(OC)ccc1OCC[NH+]1CCC[C@@H](C)C1. The van der Waals surface area contributed by atoms with E-state index < -0.39 is 0 Å². The number of methoxy groups -OCH3 is 1. The fourth-order valence-corrected chi connectivity index (χ4v) is 3.07. The Morgan fingerprint density at radius 3 is 3.00 bits per heavy atom. The first-order chi connectivity index (χ1) is 10.2. The van der Waals surface area contributed by atoms with E-state index in [-0.39, 0.29) is 0 Å². The summed E-state index contributed by atoms with van der Waals surface area (Å²) in [6.45, 7) is 10.6. The summed E-state index contributed by atoms with van der Waals surface area (Å²) in [5, 5.41) is 0. The van der Waals surface area contributed by atoms with Crippen LogP contribution >= 0.6 is 0 Å². The Balaban J connectivity index is 1.88. The third kappa shape index (κ3) is 4.78. The first-order valence-corrected chi connectivity index (χ1v) is 7.97. The van der Waals surface area contributed by atoms with Crippen LogP contribution in [-0.4, -0.2) is 33.4 Å². The van der Waals surface area contributed by atoms with Crippen LogP contribution in [-0.2, 0) is 6.42 Å². The van der Waals surface area contributed by atoms with Gasteiger partial charge in [-0.25, -0.2) is 0 Å². The van der Waals surface area contributed by atoms with E-state index in [2.05, 4.69) is 13.5 Å². The quantitative estimate of drug-likeness (QED) is 0.777. The number of rotatable bonds is 7. The second-order valence-corrected chi connectivity index (χ2v) is 6.02. The van der Waals surface area contributed by atoms with Crippen LogP contribution in [0.3, 0.4) is 0 Å². The predicted molar refractivity (Wildman–Crippen MR) is 86.4 cm³/mol. The highest BCUT2D eigenvalue weighted by molar-refractivity contribution is 5.41. The Kier molecular flexibility index (Phi) is 6.12. The molecule has 3 nitrogen and oxygen atoms in total. The van der Waals surface area contributed by atoms with Crippen LogP contribution in [0, 0.1) is 5.92 Å².